The lowest BCUT2D eigenvalue weighted by Crippen LogP contribution is -2.38. The summed E-state index contributed by atoms with van der Waals surface area (Å²) in [5.41, 5.74) is 4.52. The number of halogens is 1. The van der Waals surface area contributed by atoms with Gasteiger partial charge in [0.15, 0.2) is 0 Å². The summed E-state index contributed by atoms with van der Waals surface area (Å²) in [7, 11) is 1.66. The maximum Gasteiger partial charge on any atom is 0.277 e. The Balaban J connectivity index is 1.44. The molecular formula is C29H25FN8O3. The summed E-state index contributed by atoms with van der Waals surface area (Å²) in [5, 5.41) is 14.1. The van der Waals surface area contributed by atoms with Crippen LogP contribution in [0.25, 0.3) is 39.0 Å². The monoisotopic (exact) mass is 552 g/mol. The summed E-state index contributed by atoms with van der Waals surface area (Å²) in [5.74, 6) is -0.307. The van der Waals surface area contributed by atoms with Gasteiger partial charge in [-0.3, -0.25) is 19.1 Å². The van der Waals surface area contributed by atoms with Crippen LogP contribution in [0, 0.1) is 12.7 Å². The lowest BCUT2D eigenvalue weighted by atomic mass is 10.1. The van der Waals surface area contributed by atoms with Crippen molar-refractivity contribution in [1.29, 1.82) is 0 Å². The molecule has 0 saturated carbocycles. The molecular weight excluding hydrogens is 527 g/mol. The van der Waals surface area contributed by atoms with E-state index in [1.165, 1.54) is 22.9 Å². The minimum absolute atomic E-state index is 0.0446. The molecule has 41 heavy (non-hydrogen) atoms. The molecule has 0 saturated heterocycles. The van der Waals surface area contributed by atoms with Crippen molar-refractivity contribution in [2.75, 3.05) is 12.4 Å². The number of benzene rings is 2. The Morgan fingerprint density at radius 3 is 2.73 bits per heavy atom. The number of aryl methyl sites for hydroxylation is 1. The number of hydrogen-bond donors (Lipinski definition) is 2. The fourth-order valence-corrected chi connectivity index (χ4v) is 4.70. The van der Waals surface area contributed by atoms with Crippen molar-refractivity contribution in [3.8, 4) is 17.1 Å². The number of nitrogens with one attached hydrogen (secondary N) is 2. The lowest BCUT2D eigenvalue weighted by molar-refractivity contribution is -0.117. The highest BCUT2D eigenvalue weighted by Crippen LogP contribution is 2.26. The minimum Gasteiger partial charge on any atom is -0.319 e. The molecule has 0 aliphatic carbocycles. The van der Waals surface area contributed by atoms with Gasteiger partial charge in [0, 0.05) is 23.3 Å². The average molecular weight is 553 g/mol. The smallest absolute Gasteiger partial charge is 0.277 e. The Hall–Kier alpha value is -5.23. The topological polar surface area (TPSA) is 133 Å². The first-order chi connectivity index (χ1) is 19.8. The van der Waals surface area contributed by atoms with Gasteiger partial charge in [-0.05, 0) is 84.8 Å². The first-order valence-corrected chi connectivity index (χ1v) is 12.8. The van der Waals surface area contributed by atoms with Gasteiger partial charge in [0.05, 0.1) is 36.2 Å². The summed E-state index contributed by atoms with van der Waals surface area (Å²) < 4.78 is 22.1. The molecule has 0 aliphatic heterocycles. The Labute approximate surface area is 232 Å². The number of aromatic nitrogens is 6. The van der Waals surface area contributed by atoms with E-state index in [-0.39, 0.29) is 24.0 Å². The van der Waals surface area contributed by atoms with E-state index >= 15 is 0 Å². The molecule has 0 aliphatic rings. The Bertz CT molecular complexity index is 1990. The zero-order valence-electron chi connectivity index (χ0n) is 22.4. The summed E-state index contributed by atoms with van der Waals surface area (Å²) in [6.07, 6.45) is 6.64. The van der Waals surface area contributed by atoms with Gasteiger partial charge in [-0.25, -0.2) is 14.0 Å². The largest absolute Gasteiger partial charge is 0.319 e. The van der Waals surface area contributed by atoms with Crippen molar-refractivity contribution in [3.05, 3.63) is 94.5 Å². The van der Waals surface area contributed by atoms with Crippen LogP contribution in [-0.4, -0.2) is 48.4 Å². The first kappa shape index (κ1) is 26.0. The second kappa shape index (κ2) is 10.4. The van der Waals surface area contributed by atoms with Gasteiger partial charge < -0.3 is 15.2 Å². The molecule has 2 N–H and O–H groups in total. The van der Waals surface area contributed by atoms with E-state index in [1.54, 1.807) is 50.6 Å². The van der Waals surface area contributed by atoms with Crippen molar-refractivity contribution in [1.82, 2.24) is 34.7 Å². The fourth-order valence-electron chi connectivity index (χ4n) is 4.70. The fraction of sp³-hybridized carbons (Fsp3) is 0.172. The molecule has 206 valence electrons. The third kappa shape index (κ3) is 4.85. The predicted molar refractivity (Wildman–Crippen MR) is 151 cm³/mol. The van der Waals surface area contributed by atoms with Gasteiger partial charge in [0.1, 0.15) is 28.4 Å². The molecule has 6 rings (SSSR count). The maximum atomic E-state index is 13.9. The van der Waals surface area contributed by atoms with Crippen LogP contribution in [0.3, 0.4) is 0 Å². The van der Waals surface area contributed by atoms with Gasteiger partial charge in [0.2, 0.25) is 5.91 Å². The van der Waals surface area contributed by atoms with E-state index in [1.807, 2.05) is 23.8 Å². The highest BCUT2D eigenvalue weighted by Gasteiger charge is 2.18. The molecule has 12 heteroatoms. The second-order valence-corrected chi connectivity index (χ2v) is 9.75. The van der Waals surface area contributed by atoms with Crippen LogP contribution in [0.1, 0.15) is 18.1 Å². The number of carbonyl (C=O) groups is 1. The molecule has 11 nitrogen and oxygen atoms in total. The number of likely N-dealkylation sites (N-methyl/N-ethyl adjacent to an activating group) is 1. The van der Waals surface area contributed by atoms with Gasteiger partial charge in [-0.15, -0.1) is 0 Å². The van der Waals surface area contributed by atoms with Crippen LogP contribution < -0.4 is 16.2 Å². The second-order valence-electron chi connectivity index (χ2n) is 9.75. The number of nitrogens with zero attached hydrogens (tertiary/aromatic N) is 6. The molecule has 0 fully saturated rings. The number of fused-ring (bicyclic) bond motifs is 2. The quantitative estimate of drug-likeness (QED) is 0.305. The highest BCUT2D eigenvalue weighted by atomic mass is 19.1. The molecule has 0 spiro atoms. The van der Waals surface area contributed by atoms with Crippen LogP contribution >= 0.6 is 0 Å². The maximum absolute atomic E-state index is 13.9. The summed E-state index contributed by atoms with van der Waals surface area (Å²) in [6, 6.07) is 11.3. The number of pyridine rings is 1. The van der Waals surface area contributed by atoms with E-state index < -0.39 is 11.6 Å². The third-order valence-electron chi connectivity index (χ3n) is 7.01. The van der Waals surface area contributed by atoms with Gasteiger partial charge >= 0.3 is 0 Å². The Kier molecular flexibility index (Phi) is 6.59. The first-order valence-electron chi connectivity index (χ1n) is 12.8. The molecule has 0 unspecified atom stereocenters. The zero-order valence-corrected chi connectivity index (χ0v) is 22.4. The normalized spacial score (nSPS) is 12.2. The molecule has 0 radical (unpaired) electrons. The number of amides is 1. The number of anilines is 1. The zero-order chi connectivity index (χ0) is 28.7. The van der Waals surface area contributed by atoms with Crippen LogP contribution in [0.15, 0.2) is 76.7 Å². The van der Waals surface area contributed by atoms with Crippen molar-refractivity contribution >= 4 is 33.5 Å². The van der Waals surface area contributed by atoms with Crippen LogP contribution in [0.2, 0.25) is 0 Å². The van der Waals surface area contributed by atoms with E-state index in [0.717, 1.165) is 22.2 Å². The number of carbonyl (C=O) groups excluding carboxylic acids is 1. The predicted octanol–water partition coefficient (Wildman–Crippen LogP) is 3.83. The molecule has 4 aromatic heterocycles. The van der Waals surface area contributed by atoms with Crippen molar-refractivity contribution in [3.63, 3.8) is 0 Å². The van der Waals surface area contributed by atoms with Crippen LogP contribution in [0.5, 0.6) is 0 Å². The number of rotatable bonds is 7. The van der Waals surface area contributed by atoms with Crippen LogP contribution in [0.4, 0.5) is 10.1 Å². The molecule has 1 amide bonds. The summed E-state index contributed by atoms with van der Waals surface area (Å²) >= 11 is 0. The van der Waals surface area contributed by atoms with Gasteiger partial charge in [0.25, 0.3) is 5.56 Å². The van der Waals surface area contributed by atoms with Gasteiger partial charge in [-0.2, -0.15) is 0 Å². The highest BCUT2D eigenvalue weighted by molar-refractivity contribution is 5.94. The Morgan fingerprint density at radius 2 is 1.90 bits per heavy atom. The Morgan fingerprint density at radius 1 is 1.07 bits per heavy atom. The third-order valence-corrected chi connectivity index (χ3v) is 7.01. The summed E-state index contributed by atoms with van der Waals surface area (Å²) in [4.78, 5) is 35.3. The van der Waals surface area contributed by atoms with E-state index in [9.17, 15) is 14.0 Å². The standard InChI is InChI=1S/C29H25FN8O3/c1-16-14-37(26-7-5-20(30)10-22(16)26)21-8-18(11-32-12-21)15-38-27(19-4-6-23-24(9-19)36-41-35-23)33-13-25(29(38)40)34-28(39)17(2)31-3/h4-14,17,31H,15H2,1-3H3,(H,34,39)/t17-/m0/s1. The van der Waals surface area contributed by atoms with Crippen LogP contribution in [-0.2, 0) is 11.3 Å². The molecule has 6 aromatic rings. The molecule has 2 aromatic carbocycles. The minimum atomic E-state index is -0.515. The van der Waals surface area contributed by atoms with Gasteiger partial charge in [-0.1, -0.05) is 0 Å². The van der Waals surface area contributed by atoms with Crippen molar-refractivity contribution in [2.45, 2.75) is 26.4 Å². The average Bonchev–Trinajstić information content (AvgIpc) is 3.58. The molecule has 0 bridgehead atoms. The molecule has 4 heterocycles. The van der Waals surface area contributed by atoms with E-state index in [0.29, 0.717) is 28.0 Å². The van der Waals surface area contributed by atoms with Crippen molar-refractivity contribution < 1.29 is 13.8 Å². The number of hydrogen-bond acceptors (Lipinski definition) is 8. The van der Waals surface area contributed by atoms with Crippen molar-refractivity contribution in [2.24, 2.45) is 0 Å². The van der Waals surface area contributed by atoms with E-state index in [2.05, 4.69) is 30.9 Å². The SMILES string of the molecule is CN[C@@H](C)C(=O)Nc1cnc(-c2ccc3nonc3c2)n(Cc2cncc(-n3cc(C)c4cc(F)ccc43)c2)c1=O. The summed E-state index contributed by atoms with van der Waals surface area (Å²) in [6.45, 7) is 3.72. The van der Waals surface area contributed by atoms with E-state index in [4.69, 9.17) is 4.63 Å². The lowest BCUT2D eigenvalue weighted by Gasteiger charge is -2.16. The molecule has 1 atom stereocenters.